The van der Waals surface area contributed by atoms with Gasteiger partial charge in [0.25, 0.3) is 0 Å². The molecule has 0 radical (unpaired) electrons. The van der Waals surface area contributed by atoms with E-state index >= 15 is 0 Å². The Hall–Kier alpha value is 0.230. The molecule has 0 saturated heterocycles. The van der Waals surface area contributed by atoms with Crippen LogP contribution in [-0.4, -0.2) is 50.0 Å². The second-order valence-corrected chi connectivity index (χ2v) is 3.60. The van der Waals surface area contributed by atoms with E-state index in [4.69, 9.17) is 9.84 Å². The average Bonchev–Trinajstić information content (AvgIpc) is 2.06. The second-order valence-electron chi connectivity index (χ2n) is 2.61. The average molecular weight is 193 g/mol. The Morgan fingerprint density at radius 3 is 2.83 bits per heavy atom. The topological polar surface area (TPSA) is 41.5 Å². The Morgan fingerprint density at radius 1 is 1.58 bits per heavy atom. The summed E-state index contributed by atoms with van der Waals surface area (Å²) in [5.74, 6) is 1.10. The molecule has 74 valence electrons. The molecule has 0 aliphatic rings. The Balaban J connectivity index is 3.34. The van der Waals surface area contributed by atoms with E-state index in [1.807, 2.05) is 11.8 Å². The number of hydrogen-bond acceptors (Lipinski definition) is 4. The molecule has 0 aliphatic carbocycles. The highest BCUT2D eigenvalue weighted by Crippen LogP contribution is 1.93. The van der Waals surface area contributed by atoms with E-state index in [1.165, 1.54) is 0 Å². The standard InChI is InChI=1S/C8H19NO2S/c1-11-7-8(3-5-10)9-4-6-12-2/h8-10H,3-7H2,1-2H3. The van der Waals surface area contributed by atoms with Crippen LogP contribution in [0.15, 0.2) is 0 Å². The van der Waals surface area contributed by atoms with Gasteiger partial charge in [-0.3, -0.25) is 0 Å². The molecule has 0 aliphatic heterocycles. The molecule has 0 amide bonds. The van der Waals surface area contributed by atoms with Crippen molar-refractivity contribution in [1.82, 2.24) is 5.32 Å². The Kier molecular flexibility index (Phi) is 9.50. The third-order valence-corrected chi connectivity index (χ3v) is 2.20. The summed E-state index contributed by atoms with van der Waals surface area (Å²) in [5.41, 5.74) is 0. The minimum atomic E-state index is 0.223. The van der Waals surface area contributed by atoms with Crippen LogP contribution in [0.2, 0.25) is 0 Å². The van der Waals surface area contributed by atoms with Crippen LogP contribution in [0.4, 0.5) is 0 Å². The van der Waals surface area contributed by atoms with Crippen molar-refractivity contribution in [3.63, 3.8) is 0 Å². The first kappa shape index (κ1) is 12.2. The molecule has 1 unspecified atom stereocenters. The number of aliphatic hydroxyl groups excluding tert-OH is 1. The summed E-state index contributed by atoms with van der Waals surface area (Å²) in [7, 11) is 1.68. The van der Waals surface area contributed by atoms with E-state index in [9.17, 15) is 0 Å². The van der Waals surface area contributed by atoms with Gasteiger partial charge in [-0.25, -0.2) is 0 Å². The van der Waals surface area contributed by atoms with Gasteiger partial charge in [0, 0.05) is 32.1 Å². The van der Waals surface area contributed by atoms with Crippen LogP contribution in [0, 0.1) is 0 Å². The molecular formula is C8H19NO2S. The first-order chi connectivity index (χ1) is 5.85. The lowest BCUT2D eigenvalue weighted by atomic mass is 10.2. The number of aliphatic hydroxyl groups is 1. The summed E-state index contributed by atoms with van der Waals surface area (Å²) in [6.07, 6.45) is 2.85. The summed E-state index contributed by atoms with van der Waals surface area (Å²) >= 11 is 1.81. The highest BCUT2D eigenvalue weighted by atomic mass is 32.2. The fourth-order valence-electron chi connectivity index (χ4n) is 0.966. The molecule has 0 rings (SSSR count). The van der Waals surface area contributed by atoms with E-state index in [0.717, 1.165) is 18.7 Å². The molecule has 1 atom stereocenters. The lowest BCUT2D eigenvalue weighted by molar-refractivity contribution is 0.150. The first-order valence-corrected chi connectivity index (χ1v) is 5.56. The van der Waals surface area contributed by atoms with E-state index in [2.05, 4.69) is 11.6 Å². The molecule has 0 heterocycles. The van der Waals surface area contributed by atoms with E-state index in [0.29, 0.717) is 12.6 Å². The fraction of sp³-hybridized carbons (Fsp3) is 1.00. The molecule has 3 nitrogen and oxygen atoms in total. The molecular weight excluding hydrogens is 174 g/mol. The normalized spacial score (nSPS) is 13.2. The number of nitrogens with one attached hydrogen (secondary N) is 1. The maximum absolute atomic E-state index is 8.72. The smallest absolute Gasteiger partial charge is 0.0616 e. The highest BCUT2D eigenvalue weighted by molar-refractivity contribution is 7.98. The van der Waals surface area contributed by atoms with Crippen LogP contribution in [0.1, 0.15) is 6.42 Å². The Labute approximate surface area is 78.9 Å². The molecule has 0 fully saturated rings. The van der Waals surface area contributed by atoms with Gasteiger partial charge in [0.15, 0.2) is 0 Å². The van der Waals surface area contributed by atoms with Crippen molar-refractivity contribution in [2.75, 3.05) is 38.9 Å². The van der Waals surface area contributed by atoms with Crippen molar-refractivity contribution in [3.8, 4) is 0 Å². The molecule has 0 aromatic carbocycles. The molecule has 12 heavy (non-hydrogen) atoms. The monoisotopic (exact) mass is 193 g/mol. The van der Waals surface area contributed by atoms with Crippen molar-refractivity contribution < 1.29 is 9.84 Å². The summed E-state index contributed by atoms with van der Waals surface area (Å²) in [5, 5.41) is 12.0. The third kappa shape index (κ3) is 6.91. The zero-order valence-corrected chi connectivity index (χ0v) is 8.69. The van der Waals surface area contributed by atoms with Crippen LogP contribution in [-0.2, 0) is 4.74 Å². The van der Waals surface area contributed by atoms with Gasteiger partial charge in [0.2, 0.25) is 0 Å². The predicted molar refractivity (Wildman–Crippen MR) is 53.8 cm³/mol. The SMILES string of the molecule is COCC(CCO)NCCSC. The molecule has 0 bridgehead atoms. The minimum absolute atomic E-state index is 0.223. The number of rotatable bonds is 8. The largest absolute Gasteiger partial charge is 0.396 e. The number of thioether (sulfide) groups is 1. The van der Waals surface area contributed by atoms with E-state index in [1.54, 1.807) is 7.11 Å². The van der Waals surface area contributed by atoms with Gasteiger partial charge in [-0.15, -0.1) is 0 Å². The number of ether oxygens (including phenoxy) is 1. The minimum Gasteiger partial charge on any atom is -0.396 e. The van der Waals surface area contributed by atoms with Crippen LogP contribution in [0.5, 0.6) is 0 Å². The van der Waals surface area contributed by atoms with Gasteiger partial charge >= 0.3 is 0 Å². The Bertz CT molecular complexity index is 87.1. The van der Waals surface area contributed by atoms with Crippen LogP contribution in [0.25, 0.3) is 0 Å². The lowest BCUT2D eigenvalue weighted by Gasteiger charge is -2.15. The second kappa shape index (κ2) is 9.32. The summed E-state index contributed by atoms with van der Waals surface area (Å²) in [6.45, 7) is 1.88. The summed E-state index contributed by atoms with van der Waals surface area (Å²) < 4.78 is 5.01. The van der Waals surface area contributed by atoms with Crippen LogP contribution in [0.3, 0.4) is 0 Å². The molecule has 0 aromatic rings. The van der Waals surface area contributed by atoms with Gasteiger partial charge in [0.05, 0.1) is 6.61 Å². The van der Waals surface area contributed by atoms with Crippen molar-refractivity contribution in [2.24, 2.45) is 0 Å². The van der Waals surface area contributed by atoms with Gasteiger partial charge in [-0.2, -0.15) is 11.8 Å². The summed E-state index contributed by atoms with van der Waals surface area (Å²) in [4.78, 5) is 0. The summed E-state index contributed by atoms with van der Waals surface area (Å²) in [6, 6.07) is 0.298. The highest BCUT2D eigenvalue weighted by Gasteiger charge is 2.05. The molecule has 0 spiro atoms. The first-order valence-electron chi connectivity index (χ1n) is 4.17. The van der Waals surface area contributed by atoms with Crippen molar-refractivity contribution in [1.29, 1.82) is 0 Å². The van der Waals surface area contributed by atoms with Crippen LogP contribution < -0.4 is 5.32 Å². The van der Waals surface area contributed by atoms with Crippen molar-refractivity contribution in [2.45, 2.75) is 12.5 Å². The zero-order valence-electron chi connectivity index (χ0n) is 7.88. The quantitative estimate of drug-likeness (QED) is 0.545. The maximum atomic E-state index is 8.72. The van der Waals surface area contributed by atoms with Crippen molar-refractivity contribution in [3.05, 3.63) is 0 Å². The van der Waals surface area contributed by atoms with Crippen molar-refractivity contribution >= 4 is 11.8 Å². The number of hydrogen-bond donors (Lipinski definition) is 2. The molecule has 0 aromatic heterocycles. The predicted octanol–water partition coefficient (Wildman–Crippen LogP) is 0.336. The van der Waals surface area contributed by atoms with Gasteiger partial charge in [-0.1, -0.05) is 0 Å². The Morgan fingerprint density at radius 2 is 2.33 bits per heavy atom. The van der Waals surface area contributed by atoms with Gasteiger partial charge in [-0.05, 0) is 12.7 Å². The van der Waals surface area contributed by atoms with Gasteiger partial charge < -0.3 is 15.2 Å². The number of methoxy groups -OCH3 is 1. The molecule has 0 saturated carbocycles. The third-order valence-electron chi connectivity index (χ3n) is 1.58. The van der Waals surface area contributed by atoms with E-state index in [-0.39, 0.29) is 6.61 Å². The van der Waals surface area contributed by atoms with Gasteiger partial charge in [0.1, 0.15) is 0 Å². The molecule has 2 N–H and O–H groups in total. The van der Waals surface area contributed by atoms with E-state index < -0.39 is 0 Å². The molecule has 4 heteroatoms. The zero-order chi connectivity index (χ0) is 9.23. The fourth-order valence-corrected chi connectivity index (χ4v) is 1.29. The maximum Gasteiger partial charge on any atom is 0.0616 e. The van der Waals surface area contributed by atoms with Crippen LogP contribution >= 0.6 is 11.8 Å². The lowest BCUT2D eigenvalue weighted by Crippen LogP contribution is -2.35.